The van der Waals surface area contributed by atoms with E-state index in [4.69, 9.17) is 11.6 Å². The number of hydrogen-bond acceptors (Lipinski definition) is 1. The van der Waals surface area contributed by atoms with Crippen LogP contribution in [0.2, 0.25) is 0 Å². The second kappa shape index (κ2) is 9.95. The van der Waals surface area contributed by atoms with Crippen LogP contribution in [0.3, 0.4) is 0 Å². The molecule has 0 saturated heterocycles. The SMILES string of the molecule is CCCCCCCCCC(Cl)C(=O)N(C)C. The van der Waals surface area contributed by atoms with E-state index in [-0.39, 0.29) is 11.3 Å². The van der Waals surface area contributed by atoms with Gasteiger partial charge in [-0.05, 0) is 6.42 Å². The van der Waals surface area contributed by atoms with E-state index in [1.165, 1.54) is 38.5 Å². The van der Waals surface area contributed by atoms with Crippen LogP contribution < -0.4 is 0 Å². The Balaban J connectivity index is 3.34. The molecule has 0 aromatic heterocycles. The van der Waals surface area contributed by atoms with E-state index < -0.39 is 0 Å². The molecule has 0 rings (SSSR count). The van der Waals surface area contributed by atoms with Crippen LogP contribution in [0.25, 0.3) is 0 Å². The van der Waals surface area contributed by atoms with E-state index in [2.05, 4.69) is 6.92 Å². The van der Waals surface area contributed by atoms with E-state index in [9.17, 15) is 4.79 Å². The van der Waals surface area contributed by atoms with E-state index in [0.717, 1.165) is 12.8 Å². The van der Waals surface area contributed by atoms with Gasteiger partial charge in [0.25, 0.3) is 0 Å². The van der Waals surface area contributed by atoms with Crippen LogP contribution in [-0.2, 0) is 4.79 Å². The van der Waals surface area contributed by atoms with Crippen molar-refractivity contribution in [3.8, 4) is 0 Å². The number of carbonyl (C=O) groups is 1. The van der Waals surface area contributed by atoms with Gasteiger partial charge >= 0.3 is 0 Å². The zero-order valence-corrected chi connectivity index (χ0v) is 11.7. The molecule has 96 valence electrons. The minimum atomic E-state index is -0.328. The van der Waals surface area contributed by atoms with E-state index in [0.29, 0.717) is 0 Å². The van der Waals surface area contributed by atoms with Gasteiger partial charge in [0.1, 0.15) is 5.38 Å². The summed E-state index contributed by atoms with van der Waals surface area (Å²) in [5.41, 5.74) is 0. The zero-order valence-electron chi connectivity index (χ0n) is 11.0. The Hall–Kier alpha value is -0.240. The monoisotopic (exact) mass is 247 g/mol. The first kappa shape index (κ1) is 15.8. The molecule has 0 aliphatic rings. The molecule has 3 heteroatoms. The number of amides is 1. The molecule has 0 fully saturated rings. The van der Waals surface area contributed by atoms with Crippen molar-refractivity contribution in [3.63, 3.8) is 0 Å². The van der Waals surface area contributed by atoms with Crippen LogP contribution >= 0.6 is 11.6 Å². The third-order valence-corrected chi connectivity index (χ3v) is 3.17. The van der Waals surface area contributed by atoms with Crippen LogP contribution in [-0.4, -0.2) is 30.3 Å². The van der Waals surface area contributed by atoms with Crippen molar-refractivity contribution in [3.05, 3.63) is 0 Å². The van der Waals surface area contributed by atoms with Gasteiger partial charge in [-0.1, -0.05) is 51.9 Å². The molecule has 0 saturated carbocycles. The molecule has 0 bridgehead atoms. The highest BCUT2D eigenvalue weighted by atomic mass is 35.5. The first-order chi connectivity index (χ1) is 7.59. The predicted octanol–water partition coefficient (Wildman–Crippen LogP) is 3.82. The first-order valence-corrected chi connectivity index (χ1v) is 6.88. The Kier molecular flexibility index (Phi) is 9.80. The quantitative estimate of drug-likeness (QED) is 0.448. The molecule has 0 radical (unpaired) electrons. The second-order valence-corrected chi connectivity index (χ2v) is 5.14. The van der Waals surface area contributed by atoms with Crippen LogP contribution in [0.15, 0.2) is 0 Å². The van der Waals surface area contributed by atoms with Crippen molar-refractivity contribution in [1.29, 1.82) is 0 Å². The molecule has 0 spiro atoms. The predicted molar refractivity (Wildman–Crippen MR) is 70.9 cm³/mol. The average Bonchev–Trinajstić information content (AvgIpc) is 2.26. The normalized spacial score (nSPS) is 12.5. The number of alkyl halides is 1. The topological polar surface area (TPSA) is 20.3 Å². The maximum absolute atomic E-state index is 11.4. The molecule has 0 N–H and O–H groups in total. The van der Waals surface area contributed by atoms with Gasteiger partial charge in [0.15, 0.2) is 0 Å². The Morgan fingerprint density at radius 2 is 1.56 bits per heavy atom. The molecule has 1 unspecified atom stereocenters. The Labute approximate surface area is 105 Å². The van der Waals surface area contributed by atoms with Gasteiger partial charge in [-0.2, -0.15) is 0 Å². The van der Waals surface area contributed by atoms with Gasteiger partial charge in [-0.3, -0.25) is 4.79 Å². The van der Waals surface area contributed by atoms with Crippen molar-refractivity contribution in [2.24, 2.45) is 0 Å². The molecule has 0 aliphatic heterocycles. The summed E-state index contributed by atoms with van der Waals surface area (Å²) in [6.07, 6.45) is 9.66. The fourth-order valence-electron chi connectivity index (χ4n) is 1.68. The lowest BCUT2D eigenvalue weighted by molar-refractivity contribution is -0.128. The lowest BCUT2D eigenvalue weighted by Crippen LogP contribution is -2.30. The maximum Gasteiger partial charge on any atom is 0.240 e. The number of carbonyl (C=O) groups excluding carboxylic acids is 1. The molecule has 0 aliphatic carbocycles. The van der Waals surface area contributed by atoms with Crippen molar-refractivity contribution < 1.29 is 4.79 Å². The smallest absolute Gasteiger partial charge is 0.240 e. The maximum atomic E-state index is 11.4. The third-order valence-electron chi connectivity index (χ3n) is 2.77. The molecule has 0 heterocycles. The number of rotatable bonds is 9. The highest BCUT2D eigenvalue weighted by molar-refractivity contribution is 6.30. The number of hydrogen-bond donors (Lipinski definition) is 0. The fourth-order valence-corrected chi connectivity index (χ4v) is 2.03. The van der Waals surface area contributed by atoms with Crippen LogP contribution in [0.4, 0.5) is 0 Å². The van der Waals surface area contributed by atoms with Crippen LogP contribution in [0.1, 0.15) is 58.3 Å². The Morgan fingerprint density at radius 1 is 1.06 bits per heavy atom. The van der Waals surface area contributed by atoms with E-state index in [1.54, 1.807) is 19.0 Å². The number of unbranched alkanes of at least 4 members (excludes halogenated alkanes) is 6. The molecule has 16 heavy (non-hydrogen) atoms. The summed E-state index contributed by atoms with van der Waals surface area (Å²) in [7, 11) is 3.50. The van der Waals surface area contributed by atoms with Gasteiger partial charge in [0.05, 0.1) is 0 Å². The summed E-state index contributed by atoms with van der Waals surface area (Å²) in [5, 5.41) is -0.328. The summed E-state index contributed by atoms with van der Waals surface area (Å²) in [4.78, 5) is 13.0. The minimum absolute atomic E-state index is 0.0349. The van der Waals surface area contributed by atoms with Crippen LogP contribution in [0.5, 0.6) is 0 Å². The summed E-state index contributed by atoms with van der Waals surface area (Å²) in [6, 6.07) is 0. The Morgan fingerprint density at radius 3 is 2.06 bits per heavy atom. The highest BCUT2D eigenvalue weighted by Crippen LogP contribution is 2.13. The van der Waals surface area contributed by atoms with Gasteiger partial charge in [0.2, 0.25) is 5.91 Å². The van der Waals surface area contributed by atoms with E-state index >= 15 is 0 Å². The zero-order chi connectivity index (χ0) is 12.4. The van der Waals surface area contributed by atoms with E-state index in [1.807, 2.05) is 0 Å². The summed E-state index contributed by atoms with van der Waals surface area (Å²) >= 11 is 6.00. The third kappa shape index (κ3) is 7.98. The fraction of sp³-hybridized carbons (Fsp3) is 0.923. The molecule has 0 aromatic rings. The molecule has 1 atom stereocenters. The summed E-state index contributed by atoms with van der Waals surface area (Å²) in [6.45, 7) is 2.23. The highest BCUT2D eigenvalue weighted by Gasteiger charge is 2.15. The number of nitrogens with zero attached hydrogens (tertiary/aromatic N) is 1. The number of halogens is 1. The van der Waals surface area contributed by atoms with Crippen molar-refractivity contribution in [1.82, 2.24) is 4.90 Å². The standard InChI is InChI=1S/C13H26ClNO/c1-4-5-6-7-8-9-10-11-12(14)13(16)15(2)3/h12H,4-11H2,1-3H3. The van der Waals surface area contributed by atoms with Gasteiger partial charge in [-0.25, -0.2) is 0 Å². The minimum Gasteiger partial charge on any atom is -0.348 e. The first-order valence-electron chi connectivity index (χ1n) is 6.44. The van der Waals surface area contributed by atoms with Gasteiger partial charge in [-0.15, -0.1) is 11.6 Å². The lowest BCUT2D eigenvalue weighted by atomic mass is 10.1. The second-order valence-electron chi connectivity index (χ2n) is 4.61. The molecule has 0 aromatic carbocycles. The molecular formula is C13H26ClNO. The summed E-state index contributed by atoms with van der Waals surface area (Å²) in [5.74, 6) is 0.0349. The van der Waals surface area contributed by atoms with Crippen molar-refractivity contribution in [2.75, 3.05) is 14.1 Å². The average molecular weight is 248 g/mol. The largest absolute Gasteiger partial charge is 0.348 e. The molecule has 1 amide bonds. The van der Waals surface area contributed by atoms with Gasteiger partial charge in [0, 0.05) is 14.1 Å². The lowest BCUT2D eigenvalue weighted by Gasteiger charge is -2.14. The molecular weight excluding hydrogens is 222 g/mol. The van der Waals surface area contributed by atoms with Gasteiger partial charge < -0.3 is 4.90 Å². The summed E-state index contributed by atoms with van der Waals surface area (Å²) < 4.78 is 0. The van der Waals surface area contributed by atoms with Crippen LogP contribution in [0, 0.1) is 0 Å². The Bertz CT molecular complexity index is 183. The molecule has 2 nitrogen and oxygen atoms in total. The van der Waals surface area contributed by atoms with Crippen molar-refractivity contribution >= 4 is 17.5 Å². The van der Waals surface area contributed by atoms with Crippen molar-refractivity contribution in [2.45, 2.75) is 63.7 Å².